The quantitative estimate of drug-likeness (QED) is 0.744. The van der Waals surface area contributed by atoms with Gasteiger partial charge in [0.05, 0.1) is 28.3 Å². The molecule has 31 heavy (non-hydrogen) atoms. The highest BCUT2D eigenvalue weighted by molar-refractivity contribution is 7.14. The van der Waals surface area contributed by atoms with E-state index in [9.17, 15) is 14.4 Å². The molecular weight excluding hydrogens is 414 g/mol. The molecule has 3 heterocycles. The van der Waals surface area contributed by atoms with Gasteiger partial charge < -0.3 is 19.9 Å². The Kier molecular flexibility index (Phi) is 5.81. The lowest BCUT2D eigenvalue weighted by Gasteiger charge is -2.29. The van der Waals surface area contributed by atoms with Gasteiger partial charge in [-0.2, -0.15) is 0 Å². The molecule has 2 saturated heterocycles. The van der Waals surface area contributed by atoms with Gasteiger partial charge in [0, 0.05) is 24.5 Å². The molecule has 1 aromatic heterocycles. The molecule has 2 aliphatic rings. The molecule has 0 radical (unpaired) electrons. The molecule has 2 atom stereocenters. The fourth-order valence-electron chi connectivity index (χ4n) is 3.93. The topological polar surface area (TPSA) is 79.0 Å². The van der Waals surface area contributed by atoms with E-state index in [1.165, 1.54) is 11.3 Å². The van der Waals surface area contributed by atoms with E-state index in [4.69, 9.17) is 11.2 Å². The van der Waals surface area contributed by atoms with Gasteiger partial charge in [0.25, 0.3) is 11.8 Å². The normalized spacial score (nSPS) is 21.3. The van der Waals surface area contributed by atoms with Crippen molar-refractivity contribution in [3.05, 3.63) is 45.6 Å². The molecule has 0 aliphatic carbocycles. The lowest BCUT2D eigenvalue weighted by molar-refractivity contribution is -0.125. The summed E-state index contributed by atoms with van der Waals surface area (Å²) in [5, 5.41) is 2.97. The minimum absolute atomic E-state index is 0.0459. The van der Waals surface area contributed by atoms with E-state index >= 15 is 0 Å². The largest absolute Gasteiger partial charge is 0.370 e. The number of carbonyl (C=O) groups is 3. The number of anilines is 2. The lowest BCUT2D eigenvalue weighted by atomic mass is 10.1. The summed E-state index contributed by atoms with van der Waals surface area (Å²) in [6.07, 6.45) is 5.38. The van der Waals surface area contributed by atoms with Gasteiger partial charge in [-0.15, -0.1) is 17.8 Å². The fraction of sp³-hybridized carbons (Fsp3) is 0.348. The van der Waals surface area contributed by atoms with Gasteiger partial charge in [0.2, 0.25) is 5.91 Å². The van der Waals surface area contributed by atoms with Crippen LogP contribution in [0.3, 0.4) is 0 Å². The van der Waals surface area contributed by atoms with E-state index in [1.807, 2.05) is 32.0 Å². The maximum absolute atomic E-state index is 12.9. The Morgan fingerprint density at radius 2 is 2.06 bits per heavy atom. The van der Waals surface area contributed by atoms with E-state index in [-0.39, 0.29) is 36.3 Å². The van der Waals surface area contributed by atoms with Crippen LogP contribution in [0, 0.1) is 25.2 Å². The Labute approximate surface area is 185 Å². The third-order valence-electron chi connectivity index (χ3n) is 5.70. The van der Waals surface area contributed by atoms with Crippen molar-refractivity contribution < 1.29 is 19.1 Å². The SMILES string of the molecule is C#Cc1ccc(C(=O)N[C@H]2CN(c3ccc(N4CCOCC4=O)c(C)c3)C(=O)[C@@H]2C)s1. The van der Waals surface area contributed by atoms with Crippen molar-refractivity contribution in [2.75, 3.05) is 36.1 Å². The second-order valence-corrected chi connectivity index (χ2v) is 8.78. The van der Waals surface area contributed by atoms with Gasteiger partial charge >= 0.3 is 0 Å². The molecule has 0 unspecified atom stereocenters. The standard InChI is InChI=1S/C23H23N3O4S/c1-4-17-6-8-20(31-17)22(28)24-18-12-26(23(29)15(18)3)16-5-7-19(14(2)11-16)25-9-10-30-13-21(25)27/h1,5-8,11,15,18H,9-10,12-13H2,2-3H3,(H,24,28)/t15-,18+/m1/s1. The van der Waals surface area contributed by atoms with Crippen LogP contribution in [0.5, 0.6) is 0 Å². The van der Waals surface area contributed by atoms with Crippen molar-refractivity contribution in [3.8, 4) is 12.3 Å². The number of thiophene rings is 1. The molecule has 1 aromatic carbocycles. The molecule has 160 valence electrons. The molecule has 0 saturated carbocycles. The number of ether oxygens (including phenoxy) is 1. The predicted octanol–water partition coefficient (Wildman–Crippen LogP) is 2.18. The highest BCUT2D eigenvalue weighted by Crippen LogP contribution is 2.31. The third kappa shape index (κ3) is 4.07. The number of terminal acetylenes is 1. The Hall–Kier alpha value is -3.15. The molecule has 8 heteroatoms. The van der Waals surface area contributed by atoms with Crippen LogP contribution in [0.25, 0.3) is 0 Å². The number of nitrogens with one attached hydrogen (secondary N) is 1. The molecule has 3 amide bonds. The van der Waals surface area contributed by atoms with Gasteiger partial charge in [-0.05, 0) is 42.8 Å². The van der Waals surface area contributed by atoms with E-state index in [0.717, 1.165) is 16.9 Å². The maximum Gasteiger partial charge on any atom is 0.261 e. The van der Waals surface area contributed by atoms with Crippen LogP contribution in [0.4, 0.5) is 11.4 Å². The van der Waals surface area contributed by atoms with Crippen LogP contribution in [0.1, 0.15) is 27.0 Å². The van der Waals surface area contributed by atoms with E-state index in [0.29, 0.717) is 29.5 Å². The number of morpholine rings is 1. The number of hydrogen-bond acceptors (Lipinski definition) is 5. The zero-order valence-electron chi connectivity index (χ0n) is 17.4. The number of carbonyl (C=O) groups excluding carboxylic acids is 3. The number of benzene rings is 1. The monoisotopic (exact) mass is 437 g/mol. The summed E-state index contributed by atoms with van der Waals surface area (Å²) in [5.74, 6) is 1.83. The van der Waals surface area contributed by atoms with Crippen molar-refractivity contribution in [1.29, 1.82) is 0 Å². The molecule has 2 aromatic rings. The van der Waals surface area contributed by atoms with Gasteiger partial charge in [0.1, 0.15) is 6.61 Å². The van der Waals surface area contributed by atoms with Gasteiger partial charge in [-0.3, -0.25) is 14.4 Å². The van der Waals surface area contributed by atoms with Crippen LogP contribution in [-0.4, -0.2) is 50.1 Å². The number of hydrogen-bond donors (Lipinski definition) is 1. The number of rotatable bonds is 4. The second-order valence-electron chi connectivity index (χ2n) is 7.69. The number of aryl methyl sites for hydroxylation is 1. The molecule has 0 spiro atoms. The van der Waals surface area contributed by atoms with Gasteiger partial charge in [-0.25, -0.2) is 0 Å². The molecule has 2 aliphatic heterocycles. The summed E-state index contributed by atoms with van der Waals surface area (Å²) in [6, 6.07) is 8.74. The van der Waals surface area contributed by atoms with E-state index in [2.05, 4.69) is 11.2 Å². The summed E-state index contributed by atoms with van der Waals surface area (Å²) in [6.45, 7) is 5.22. The predicted molar refractivity (Wildman–Crippen MR) is 119 cm³/mol. The average molecular weight is 438 g/mol. The van der Waals surface area contributed by atoms with Crippen LogP contribution in [-0.2, 0) is 14.3 Å². The minimum Gasteiger partial charge on any atom is -0.370 e. The van der Waals surface area contributed by atoms with Crippen molar-refractivity contribution in [2.24, 2.45) is 5.92 Å². The Morgan fingerprint density at radius 3 is 2.74 bits per heavy atom. The summed E-state index contributed by atoms with van der Waals surface area (Å²) >= 11 is 1.25. The zero-order chi connectivity index (χ0) is 22.1. The van der Waals surface area contributed by atoms with Crippen LogP contribution >= 0.6 is 11.3 Å². The highest BCUT2D eigenvalue weighted by Gasteiger charge is 2.39. The van der Waals surface area contributed by atoms with E-state index < -0.39 is 0 Å². The van der Waals surface area contributed by atoms with Gasteiger partial charge in [0.15, 0.2) is 0 Å². The van der Waals surface area contributed by atoms with Gasteiger partial charge in [-0.1, -0.05) is 12.8 Å². The molecule has 1 N–H and O–H groups in total. The molecular formula is C23H23N3O4S. The summed E-state index contributed by atoms with van der Waals surface area (Å²) < 4.78 is 5.20. The summed E-state index contributed by atoms with van der Waals surface area (Å²) in [5.41, 5.74) is 2.48. The van der Waals surface area contributed by atoms with Crippen molar-refractivity contribution >= 4 is 40.4 Å². The lowest BCUT2D eigenvalue weighted by Crippen LogP contribution is -2.42. The average Bonchev–Trinajstić information content (AvgIpc) is 3.35. The zero-order valence-corrected chi connectivity index (χ0v) is 18.2. The first-order chi connectivity index (χ1) is 14.9. The second kappa shape index (κ2) is 8.53. The number of nitrogens with zero attached hydrogens (tertiary/aromatic N) is 2. The Balaban J connectivity index is 1.49. The highest BCUT2D eigenvalue weighted by atomic mass is 32.1. The molecule has 0 bridgehead atoms. The summed E-state index contributed by atoms with van der Waals surface area (Å²) in [7, 11) is 0. The summed E-state index contributed by atoms with van der Waals surface area (Å²) in [4.78, 5) is 42.3. The van der Waals surface area contributed by atoms with Crippen LogP contribution in [0.15, 0.2) is 30.3 Å². The van der Waals surface area contributed by atoms with Crippen molar-refractivity contribution in [1.82, 2.24) is 5.32 Å². The number of amides is 3. The Morgan fingerprint density at radius 1 is 1.26 bits per heavy atom. The smallest absolute Gasteiger partial charge is 0.261 e. The van der Waals surface area contributed by atoms with E-state index in [1.54, 1.807) is 21.9 Å². The minimum atomic E-state index is -0.350. The van der Waals surface area contributed by atoms with Crippen molar-refractivity contribution in [2.45, 2.75) is 19.9 Å². The Bertz CT molecular complexity index is 1090. The fourth-order valence-corrected chi connectivity index (χ4v) is 4.65. The molecule has 7 nitrogen and oxygen atoms in total. The third-order valence-corrected chi connectivity index (χ3v) is 6.71. The van der Waals surface area contributed by atoms with Crippen LogP contribution < -0.4 is 15.1 Å². The first-order valence-corrected chi connectivity index (χ1v) is 10.9. The van der Waals surface area contributed by atoms with Crippen LogP contribution in [0.2, 0.25) is 0 Å². The molecule has 2 fully saturated rings. The molecule has 4 rings (SSSR count). The van der Waals surface area contributed by atoms with Crippen molar-refractivity contribution in [3.63, 3.8) is 0 Å². The first-order valence-electron chi connectivity index (χ1n) is 10.1. The first kappa shape index (κ1) is 21.1. The maximum atomic E-state index is 12.9.